The molecule has 0 atom stereocenters. The lowest BCUT2D eigenvalue weighted by atomic mass is 10.3. The van der Waals surface area contributed by atoms with Crippen molar-refractivity contribution in [3.63, 3.8) is 0 Å². The van der Waals surface area contributed by atoms with Crippen molar-refractivity contribution in [1.29, 1.82) is 0 Å². The van der Waals surface area contributed by atoms with Crippen molar-refractivity contribution < 1.29 is 24.2 Å². The van der Waals surface area contributed by atoms with Gasteiger partial charge in [0.05, 0.1) is 6.42 Å². The fourth-order valence-electron chi connectivity index (χ4n) is 1.77. The van der Waals surface area contributed by atoms with Gasteiger partial charge in [0.25, 0.3) is 0 Å². The molecule has 1 aromatic rings. The minimum Gasteiger partial charge on any atom is -0.486 e. The average molecular weight is 311 g/mol. The lowest BCUT2D eigenvalue weighted by molar-refractivity contribution is -0.136. The third kappa shape index (κ3) is 5.18. The van der Waals surface area contributed by atoms with Gasteiger partial charge in [-0.2, -0.15) is 0 Å². The van der Waals surface area contributed by atoms with Gasteiger partial charge >= 0.3 is 5.97 Å². The zero-order valence-corrected chi connectivity index (χ0v) is 12.3. The van der Waals surface area contributed by atoms with E-state index in [1.54, 1.807) is 11.8 Å². The molecule has 0 saturated carbocycles. The van der Waals surface area contributed by atoms with E-state index in [1.807, 2.05) is 18.2 Å². The van der Waals surface area contributed by atoms with E-state index < -0.39 is 5.97 Å². The van der Waals surface area contributed by atoms with Crippen LogP contribution in [0.25, 0.3) is 0 Å². The van der Waals surface area contributed by atoms with Crippen LogP contribution in [-0.2, 0) is 9.59 Å². The Kier molecular flexibility index (Phi) is 5.74. The van der Waals surface area contributed by atoms with Crippen LogP contribution in [0.3, 0.4) is 0 Å². The number of carbonyl (C=O) groups is 2. The smallest absolute Gasteiger partial charge is 0.305 e. The zero-order valence-electron chi connectivity index (χ0n) is 11.5. The molecule has 1 aromatic carbocycles. The lowest BCUT2D eigenvalue weighted by Gasteiger charge is -2.18. The molecule has 7 heteroatoms. The molecule has 2 N–H and O–H groups in total. The average Bonchev–Trinajstić information content (AvgIpc) is 2.47. The number of amides is 1. The molecule has 6 nitrogen and oxygen atoms in total. The molecule has 0 saturated heterocycles. The number of rotatable bonds is 7. The van der Waals surface area contributed by atoms with E-state index in [0.717, 1.165) is 16.4 Å². The molecule has 2 rings (SSSR count). The SMILES string of the molecule is O=C(O)CCNC(=O)CCSc1ccc2c(c1)OCCO2. The Morgan fingerprint density at radius 2 is 1.95 bits per heavy atom. The molecule has 0 bridgehead atoms. The molecule has 21 heavy (non-hydrogen) atoms. The highest BCUT2D eigenvalue weighted by Crippen LogP contribution is 2.34. The highest BCUT2D eigenvalue weighted by atomic mass is 32.2. The van der Waals surface area contributed by atoms with E-state index in [9.17, 15) is 9.59 Å². The molecule has 1 heterocycles. The van der Waals surface area contributed by atoms with Gasteiger partial charge in [0.1, 0.15) is 13.2 Å². The molecule has 1 amide bonds. The third-order valence-corrected chi connectivity index (χ3v) is 3.77. The molecule has 0 radical (unpaired) electrons. The molecule has 0 spiro atoms. The number of thioether (sulfide) groups is 1. The van der Waals surface area contributed by atoms with E-state index in [4.69, 9.17) is 14.6 Å². The van der Waals surface area contributed by atoms with Gasteiger partial charge < -0.3 is 19.9 Å². The van der Waals surface area contributed by atoms with Crippen LogP contribution in [0.4, 0.5) is 0 Å². The van der Waals surface area contributed by atoms with Crippen LogP contribution in [0.5, 0.6) is 11.5 Å². The number of fused-ring (bicyclic) bond motifs is 1. The number of aliphatic carboxylic acids is 1. The normalized spacial score (nSPS) is 12.8. The Labute approximate surface area is 126 Å². The van der Waals surface area contributed by atoms with Gasteiger partial charge in [0, 0.05) is 23.6 Å². The number of carboxylic acid groups (broad SMARTS) is 1. The second-order valence-electron chi connectivity index (χ2n) is 4.40. The molecule has 1 aliphatic rings. The number of benzene rings is 1. The quantitative estimate of drug-likeness (QED) is 0.743. The van der Waals surface area contributed by atoms with Crippen LogP contribution in [0.2, 0.25) is 0 Å². The Morgan fingerprint density at radius 3 is 2.71 bits per heavy atom. The van der Waals surface area contributed by atoms with Crippen molar-refractivity contribution in [2.75, 3.05) is 25.5 Å². The molecule has 0 aromatic heterocycles. The first-order chi connectivity index (χ1) is 10.1. The van der Waals surface area contributed by atoms with Crippen LogP contribution in [0.1, 0.15) is 12.8 Å². The second kappa shape index (κ2) is 7.78. The van der Waals surface area contributed by atoms with E-state index >= 15 is 0 Å². The van der Waals surface area contributed by atoms with Gasteiger partial charge in [-0.25, -0.2) is 0 Å². The lowest BCUT2D eigenvalue weighted by Crippen LogP contribution is -2.26. The summed E-state index contributed by atoms with van der Waals surface area (Å²) in [6.45, 7) is 1.28. The fraction of sp³-hybridized carbons (Fsp3) is 0.429. The minimum absolute atomic E-state index is 0.0545. The van der Waals surface area contributed by atoms with E-state index in [-0.39, 0.29) is 18.9 Å². The summed E-state index contributed by atoms with van der Waals surface area (Å²) in [6, 6.07) is 5.70. The highest BCUT2D eigenvalue weighted by molar-refractivity contribution is 7.99. The fourth-order valence-corrected chi connectivity index (χ4v) is 2.65. The first-order valence-corrected chi connectivity index (χ1v) is 7.64. The molecule has 0 fully saturated rings. The summed E-state index contributed by atoms with van der Waals surface area (Å²) >= 11 is 1.55. The van der Waals surface area contributed by atoms with Crippen LogP contribution in [-0.4, -0.2) is 42.5 Å². The number of carboxylic acids is 1. The summed E-state index contributed by atoms with van der Waals surface area (Å²) in [5, 5.41) is 11.0. The van der Waals surface area contributed by atoms with Gasteiger partial charge in [0.2, 0.25) is 5.91 Å². The first kappa shape index (κ1) is 15.5. The Balaban J connectivity index is 1.71. The van der Waals surface area contributed by atoms with Crippen molar-refractivity contribution in [1.82, 2.24) is 5.32 Å². The maximum absolute atomic E-state index is 11.5. The van der Waals surface area contributed by atoms with Gasteiger partial charge in [-0.05, 0) is 18.2 Å². The Morgan fingerprint density at radius 1 is 1.19 bits per heavy atom. The van der Waals surface area contributed by atoms with Crippen LogP contribution in [0.15, 0.2) is 23.1 Å². The number of hydrogen-bond donors (Lipinski definition) is 2. The van der Waals surface area contributed by atoms with Crippen molar-refractivity contribution >= 4 is 23.6 Å². The largest absolute Gasteiger partial charge is 0.486 e. The first-order valence-electron chi connectivity index (χ1n) is 6.66. The van der Waals surface area contributed by atoms with Crippen molar-refractivity contribution in [2.45, 2.75) is 17.7 Å². The molecule has 0 unspecified atom stereocenters. The second-order valence-corrected chi connectivity index (χ2v) is 5.57. The number of ether oxygens (including phenoxy) is 2. The standard InChI is InChI=1S/C14H17NO5S/c16-13(15-5-3-14(17)18)4-8-21-10-1-2-11-12(9-10)20-7-6-19-11/h1-2,9H,3-8H2,(H,15,16)(H,17,18). The van der Waals surface area contributed by atoms with Crippen LogP contribution < -0.4 is 14.8 Å². The maximum Gasteiger partial charge on any atom is 0.305 e. The number of nitrogens with one attached hydrogen (secondary N) is 1. The van der Waals surface area contributed by atoms with E-state index in [1.165, 1.54) is 0 Å². The summed E-state index contributed by atoms with van der Waals surface area (Å²) in [6.07, 6.45) is 0.291. The Hall–Kier alpha value is -1.89. The van der Waals surface area contributed by atoms with Crippen LogP contribution >= 0.6 is 11.8 Å². The molecule has 114 valence electrons. The van der Waals surface area contributed by atoms with Crippen molar-refractivity contribution in [2.24, 2.45) is 0 Å². The predicted octanol–water partition coefficient (Wildman–Crippen LogP) is 1.53. The Bertz CT molecular complexity index is 520. The van der Waals surface area contributed by atoms with Gasteiger partial charge in [-0.3, -0.25) is 9.59 Å². The predicted molar refractivity (Wildman–Crippen MR) is 78.0 cm³/mol. The van der Waals surface area contributed by atoms with Crippen molar-refractivity contribution in [3.05, 3.63) is 18.2 Å². The zero-order chi connectivity index (χ0) is 15.1. The molecule has 1 aliphatic heterocycles. The summed E-state index contributed by atoms with van der Waals surface area (Å²) in [5.41, 5.74) is 0. The van der Waals surface area contributed by atoms with Crippen LogP contribution in [0, 0.1) is 0 Å². The van der Waals surface area contributed by atoms with E-state index in [2.05, 4.69) is 5.32 Å². The molecular weight excluding hydrogens is 294 g/mol. The summed E-state index contributed by atoms with van der Waals surface area (Å²) < 4.78 is 10.9. The topological polar surface area (TPSA) is 84.9 Å². The third-order valence-electron chi connectivity index (χ3n) is 2.77. The van der Waals surface area contributed by atoms with Gasteiger partial charge in [-0.15, -0.1) is 11.8 Å². The monoisotopic (exact) mass is 311 g/mol. The number of hydrogen-bond acceptors (Lipinski definition) is 5. The van der Waals surface area contributed by atoms with Gasteiger partial charge in [0.15, 0.2) is 11.5 Å². The van der Waals surface area contributed by atoms with E-state index in [0.29, 0.717) is 25.4 Å². The van der Waals surface area contributed by atoms with Crippen molar-refractivity contribution in [3.8, 4) is 11.5 Å². The maximum atomic E-state index is 11.5. The summed E-state index contributed by atoms with van der Waals surface area (Å²) in [7, 11) is 0. The summed E-state index contributed by atoms with van der Waals surface area (Å²) in [4.78, 5) is 22.8. The molecule has 0 aliphatic carbocycles. The minimum atomic E-state index is -0.916. The van der Waals surface area contributed by atoms with Gasteiger partial charge in [-0.1, -0.05) is 0 Å². The number of carbonyl (C=O) groups excluding carboxylic acids is 1. The highest BCUT2D eigenvalue weighted by Gasteiger charge is 2.12. The summed E-state index contributed by atoms with van der Waals surface area (Å²) in [5.74, 6) is 1.05. The molecular formula is C14H17NO5S.